The number of halogens is 1. The van der Waals surface area contributed by atoms with Gasteiger partial charge in [0.05, 0.1) is 0 Å². The van der Waals surface area contributed by atoms with Crippen LogP contribution < -0.4 is 5.32 Å². The van der Waals surface area contributed by atoms with Crippen LogP contribution in [0.25, 0.3) is 0 Å². The zero-order chi connectivity index (χ0) is 11.5. The minimum Gasteiger partial charge on any atom is -0.307 e. The molecule has 0 bridgehead atoms. The van der Waals surface area contributed by atoms with Crippen LogP contribution in [0, 0.1) is 6.92 Å². The van der Waals surface area contributed by atoms with E-state index >= 15 is 0 Å². The third-order valence-corrected chi connectivity index (χ3v) is 2.66. The summed E-state index contributed by atoms with van der Waals surface area (Å²) in [5, 5.41) is 2.80. The first-order chi connectivity index (χ1) is 7.66. The van der Waals surface area contributed by atoms with Crippen LogP contribution in [0.4, 0.5) is 10.5 Å². The van der Waals surface area contributed by atoms with Crippen molar-refractivity contribution in [3.8, 4) is 0 Å². The molecule has 0 aliphatic rings. The standard InChI is InChI=1S/C11H10BrN3O/c1-8-6-9(12)2-3-10(8)14-11(16)15-5-4-13-7-15/h2-7H,1H3,(H,14,16). The van der Waals surface area contributed by atoms with E-state index in [1.165, 1.54) is 10.9 Å². The summed E-state index contributed by atoms with van der Waals surface area (Å²) in [5.41, 5.74) is 1.80. The van der Waals surface area contributed by atoms with Crippen LogP contribution in [-0.4, -0.2) is 15.6 Å². The van der Waals surface area contributed by atoms with Gasteiger partial charge in [-0.2, -0.15) is 0 Å². The molecule has 0 spiro atoms. The number of rotatable bonds is 1. The molecule has 0 aliphatic carbocycles. The van der Waals surface area contributed by atoms with Gasteiger partial charge < -0.3 is 5.32 Å². The number of hydrogen-bond donors (Lipinski definition) is 1. The quantitative estimate of drug-likeness (QED) is 0.872. The number of nitrogens with zero attached hydrogens (tertiary/aromatic N) is 2. The number of carbonyl (C=O) groups is 1. The number of anilines is 1. The molecule has 0 radical (unpaired) electrons. The van der Waals surface area contributed by atoms with Gasteiger partial charge in [0.1, 0.15) is 6.33 Å². The Hall–Kier alpha value is -1.62. The van der Waals surface area contributed by atoms with E-state index in [2.05, 4.69) is 26.2 Å². The first-order valence-corrected chi connectivity index (χ1v) is 5.51. The number of aromatic nitrogens is 2. The van der Waals surface area contributed by atoms with Crippen LogP contribution in [0.2, 0.25) is 0 Å². The second-order valence-corrected chi connectivity index (χ2v) is 4.28. The van der Waals surface area contributed by atoms with Crippen molar-refractivity contribution < 1.29 is 4.79 Å². The number of aryl methyl sites for hydroxylation is 1. The summed E-state index contributed by atoms with van der Waals surface area (Å²) in [6, 6.07) is 5.47. The van der Waals surface area contributed by atoms with Crippen LogP contribution >= 0.6 is 15.9 Å². The zero-order valence-corrected chi connectivity index (χ0v) is 10.2. The Kier molecular flexibility index (Phi) is 3.05. The summed E-state index contributed by atoms with van der Waals surface area (Å²) in [7, 11) is 0. The van der Waals surface area contributed by atoms with E-state index in [0.717, 1.165) is 15.7 Å². The molecule has 1 N–H and O–H groups in total. The lowest BCUT2D eigenvalue weighted by Crippen LogP contribution is -2.18. The number of imidazole rings is 1. The van der Waals surface area contributed by atoms with E-state index in [4.69, 9.17) is 0 Å². The van der Waals surface area contributed by atoms with E-state index in [1.807, 2.05) is 25.1 Å². The molecular formula is C11H10BrN3O. The Morgan fingerprint density at radius 2 is 2.31 bits per heavy atom. The molecule has 0 aliphatic heterocycles. The molecule has 0 unspecified atom stereocenters. The Bertz CT molecular complexity index is 508. The van der Waals surface area contributed by atoms with Crippen LogP contribution in [0.5, 0.6) is 0 Å². The van der Waals surface area contributed by atoms with Gasteiger partial charge in [0.2, 0.25) is 0 Å². The van der Waals surface area contributed by atoms with Crippen molar-refractivity contribution in [1.82, 2.24) is 9.55 Å². The van der Waals surface area contributed by atoms with Crippen LogP contribution in [0.1, 0.15) is 5.56 Å². The molecule has 0 saturated carbocycles. The van der Waals surface area contributed by atoms with E-state index in [0.29, 0.717) is 0 Å². The lowest BCUT2D eigenvalue weighted by Gasteiger charge is -2.08. The van der Waals surface area contributed by atoms with Crippen molar-refractivity contribution >= 4 is 27.6 Å². The highest BCUT2D eigenvalue weighted by Crippen LogP contribution is 2.20. The average Bonchev–Trinajstić information content (AvgIpc) is 2.75. The molecule has 1 aromatic carbocycles. The van der Waals surface area contributed by atoms with Crippen LogP contribution in [0.3, 0.4) is 0 Å². The van der Waals surface area contributed by atoms with E-state index in [9.17, 15) is 4.79 Å². The van der Waals surface area contributed by atoms with Gasteiger partial charge in [0, 0.05) is 22.6 Å². The molecule has 0 saturated heterocycles. The molecule has 2 aromatic rings. The molecule has 16 heavy (non-hydrogen) atoms. The summed E-state index contributed by atoms with van der Waals surface area (Å²) in [4.78, 5) is 15.5. The number of carbonyl (C=O) groups excluding carboxylic acids is 1. The van der Waals surface area contributed by atoms with Gasteiger partial charge in [-0.1, -0.05) is 15.9 Å². The summed E-state index contributed by atoms with van der Waals surface area (Å²) in [6.45, 7) is 1.94. The van der Waals surface area contributed by atoms with E-state index in [-0.39, 0.29) is 6.03 Å². The highest BCUT2D eigenvalue weighted by molar-refractivity contribution is 9.10. The lowest BCUT2D eigenvalue weighted by atomic mass is 10.2. The molecule has 0 fully saturated rings. The fourth-order valence-corrected chi connectivity index (χ4v) is 1.80. The van der Waals surface area contributed by atoms with Gasteiger partial charge >= 0.3 is 6.03 Å². The normalized spacial score (nSPS) is 10.1. The second-order valence-electron chi connectivity index (χ2n) is 3.36. The summed E-state index contributed by atoms with van der Waals surface area (Å²) in [6.07, 6.45) is 4.63. The van der Waals surface area contributed by atoms with Gasteiger partial charge in [-0.05, 0) is 30.7 Å². The van der Waals surface area contributed by atoms with Gasteiger partial charge in [-0.3, -0.25) is 4.57 Å². The third kappa shape index (κ3) is 2.30. The van der Waals surface area contributed by atoms with Crippen molar-refractivity contribution in [3.05, 3.63) is 47.0 Å². The maximum absolute atomic E-state index is 11.7. The number of hydrogen-bond acceptors (Lipinski definition) is 2. The van der Waals surface area contributed by atoms with Gasteiger partial charge in [0.15, 0.2) is 0 Å². The fraction of sp³-hybridized carbons (Fsp3) is 0.0909. The van der Waals surface area contributed by atoms with Crippen LogP contribution in [0.15, 0.2) is 41.4 Å². The fourth-order valence-electron chi connectivity index (χ4n) is 1.33. The molecule has 1 amide bonds. The second kappa shape index (κ2) is 4.49. The number of nitrogens with one attached hydrogen (secondary N) is 1. The SMILES string of the molecule is Cc1cc(Br)ccc1NC(=O)n1ccnc1. The average molecular weight is 280 g/mol. The summed E-state index contributed by atoms with van der Waals surface area (Å²) in [5.74, 6) is 0. The number of benzene rings is 1. The van der Waals surface area contributed by atoms with Gasteiger partial charge in [-0.25, -0.2) is 9.78 Å². The minimum absolute atomic E-state index is 0.220. The Morgan fingerprint density at radius 3 is 2.94 bits per heavy atom. The molecule has 4 nitrogen and oxygen atoms in total. The molecule has 2 rings (SSSR count). The molecule has 82 valence electrons. The molecular weight excluding hydrogens is 270 g/mol. The highest BCUT2D eigenvalue weighted by atomic mass is 79.9. The van der Waals surface area contributed by atoms with Crippen molar-refractivity contribution in [1.29, 1.82) is 0 Å². The Labute approximate surface area is 101 Å². The topological polar surface area (TPSA) is 46.9 Å². The lowest BCUT2D eigenvalue weighted by molar-refractivity contribution is 0.253. The summed E-state index contributed by atoms with van der Waals surface area (Å²) < 4.78 is 2.38. The van der Waals surface area contributed by atoms with Crippen molar-refractivity contribution in [2.24, 2.45) is 0 Å². The Morgan fingerprint density at radius 1 is 1.50 bits per heavy atom. The van der Waals surface area contributed by atoms with Crippen molar-refractivity contribution in [3.63, 3.8) is 0 Å². The molecule has 5 heteroatoms. The smallest absolute Gasteiger partial charge is 0.307 e. The third-order valence-electron chi connectivity index (χ3n) is 2.17. The largest absolute Gasteiger partial charge is 0.331 e. The molecule has 0 atom stereocenters. The highest BCUT2D eigenvalue weighted by Gasteiger charge is 2.05. The van der Waals surface area contributed by atoms with Gasteiger partial charge in [0.25, 0.3) is 0 Å². The monoisotopic (exact) mass is 279 g/mol. The van der Waals surface area contributed by atoms with Crippen molar-refractivity contribution in [2.75, 3.05) is 5.32 Å². The first kappa shape index (κ1) is 10.9. The van der Waals surface area contributed by atoms with Crippen LogP contribution in [-0.2, 0) is 0 Å². The minimum atomic E-state index is -0.220. The van der Waals surface area contributed by atoms with E-state index in [1.54, 1.807) is 12.4 Å². The maximum atomic E-state index is 11.7. The predicted molar refractivity (Wildman–Crippen MR) is 65.5 cm³/mol. The molecule has 1 aromatic heterocycles. The zero-order valence-electron chi connectivity index (χ0n) is 8.64. The first-order valence-electron chi connectivity index (χ1n) is 4.72. The molecule has 1 heterocycles. The maximum Gasteiger partial charge on any atom is 0.331 e. The van der Waals surface area contributed by atoms with Crippen molar-refractivity contribution in [2.45, 2.75) is 6.92 Å². The van der Waals surface area contributed by atoms with E-state index < -0.39 is 0 Å². The number of amides is 1. The predicted octanol–water partition coefficient (Wildman–Crippen LogP) is 3.03. The summed E-state index contributed by atoms with van der Waals surface area (Å²) >= 11 is 3.37. The van der Waals surface area contributed by atoms with Gasteiger partial charge in [-0.15, -0.1) is 0 Å². The Balaban J connectivity index is 2.18.